The zero-order valence-electron chi connectivity index (χ0n) is 14.9. The Bertz CT molecular complexity index is 1190. The van der Waals surface area contributed by atoms with Gasteiger partial charge in [0, 0.05) is 32.7 Å². The molecule has 0 aliphatic carbocycles. The van der Waals surface area contributed by atoms with Crippen LogP contribution in [0.25, 0.3) is 22.6 Å². The average molecular weight is 425 g/mol. The van der Waals surface area contributed by atoms with Gasteiger partial charge in [0.15, 0.2) is 5.76 Å². The Morgan fingerprint density at radius 3 is 2.55 bits per heavy atom. The number of hydrogen-bond donors (Lipinski definition) is 2. The average Bonchev–Trinajstić information content (AvgIpc) is 3.21. The number of carbonyl (C=O) groups excluding carboxylic acids is 1. The van der Waals surface area contributed by atoms with Gasteiger partial charge in [0.2, 0.25) is 0 Å². The quantitative estimate of drug-likeness (QED) is 0.419. The Kier molecular flexibility index (Phi) is 5.20. The van der Waals surface area contributed by atoms with E-state index in [1.165, 1.54) is 0 Å². The normalized spacial score (nSPS) is 10.7. The second kappa shape index (κ2) is 7.95. The van der Waals surface area contributed by atoms with E-state index in [1.54, 1.807) is 36.4 Å². The van der Waals surface area contributed by atoms with Gasteiger partial charge < -0.3 is 15.6 Å². The first-order valence-electron chi connectivity index (χ1n) is 8.57. The van der Waals surface area contributed by atoms with E-state index in [-0.39, 0.29) is 5.91 Å². The smallest absolute Gasteiger partial charge is 0.255 e. The third-order valence-corrected chi connectivity index (χ3v) is 4.83. The number of aromatic nitrogens is 2. The van der Waals surface area contributed by atoms with Gasteiger partial charge in [-0.05, 0) is 36.4 Å². The molecule has 144 valence electrons. The highest BCUT2D eigenvalue weighted by Gasteiger charge is 2.18. The fourth-order valence-corrected chi connectivity index (χ4v) is 3.19. The number of nitrogens with zero attached hydrogens (tertiary/aromatic N) is 2. The molecule has 1 heterocycles. The van der Waals surface area contributed by atoms with Crippen LogP contribution in [-0.4, -0.2) is 16.3 Å². The van der Waals surface area contributed by atoms with Crippen molar-refractivity contribution in [3.8, 4) is 22.6 Å². The van der Waals surface area contributed by atoms with Crippen LogP contribution < -0.4 is 11.1 Å². The highest BCUT2D eigenvalue weighted by Crippen LogP contribution is 2.34. The van der Waals surface area contributed by atoms with Gasteiger partial charge in [-0.15, -0.1) is 5.10 Å². The van der Waals surface area contributed by atoms with Crippen molar-refractivity contribution in [2.24, 2.45) is 0 Å². The van der Waals surface area contributed by atoms with Crippen molar-refractivity contribution in [1.82, 2.24) is 10.4 Å². The topological polar surface area (TPSA) is 94.0 Å². The first-order valence-corrected chi connectivity index (χ1v) is 9.32. The van der Waals surface area contributed by atoms with E-state index >= 15 is 0 Å². The SMILES string of the molecule is Nc1cc(C(=O)Nc2cc(Cl)ccc2Cl)ccc1-c1nnoc1-c1ccccc1. The lowest BCUT2D eigenvalue weighted by Gasteiger charge is -2.10. The molecule has 0 fully saturated rings. The maximum atomic E-state index is 12.6. The lowest BCUT2D eigenvalue weighted by Crippen LogP contribution is -2.12. The molecule has 0 radical (unpaired) electrons. The third kappa shape index (κ3) is 3.94. The van der Waals surface area contributed by atoms with Gasteiger partial charge >= 0.3 is 0 Å². The molecular formula is C21H14Cl2N4O2. The zero-order chi connectivity index (χ0) is 20.4. The number of rotatable bonds is 4. The summed E-state index contributed by atoms with van der Waals surface area (Å²) < 4.78 is 5.32. The van der Waals surface area contributed by atoms with Crippen molar-refractivity contribution >= 4 is 40.5 Å². The molecule has 8 heteroatoms. The van der Waals surface area contributed by atoms with Crippen molar-refractivity contribution < 1.29 is 9.32 Å². The lowest BCUT2D eigenvalue weighted by atomic mass is 10.0. The summed E-state index contributed by atoms with van der Waals surface area (Å²) in [6.07, 6.45) is 0. The highest BCUT2D eigenvalue weighted by atomic mass is 35.5. The maximum Gasteiger partial charge on any atom is 0.255 e. The number of nitrogens with two attached hydrogens (primary N) is 1. The van der Waals surface area contributed by atoms with Crippen molar-refractivity contribution in [2.75, 3.05) is 11.1 Å². The predicted octanol–water partition coefficient (Wildman–Crippen LogP) is 5.54. The van der Waals surface area contributed by atoms with Crippen LogP contribution in [-0.2, 0) is 0 Å². The van der Waals surface area contributed by atoms with Crippen LogP contribution in [0, 0.1) is 0 Å². The number of nitrogens with one attached hydrogen (secondary N) is 1. The standard InChI is InChI=1S/C21H14Cl2N4O2/c22-14-7-9-16(23)18(11-14)25-21(28)13-6-8-15(17(24)10-13)19-20(29-27-26-19)12-4-2-1-3-5-12/h1-11H,24H2,(H,25,28). The molecule has 1 amide bonds. The summed E-state index contributed by atoms with van der Waals surface area (Å²) in [6, 6.07) is 19.2. The summed E-state index contributed by atoms with van der Waals surface area (Å²) in [5.41, 5.74) is 9.28. The molecule has 3 aromatic carbocycles. The summed E-state index contributed by atoms with van der Waals surface area (Å²) in [4.78, 5) is 12.6. The van der Waals surface area contributed by atoms with Gasteiger partial charge in [-0.1, -0.05) is 53.5 Å². The molecule has 4 aromatic rings. The highest BCUT2D eigenvalue weighted by molar-refractivity contribution is 6.35. The van der Waals surface area contributed by atoms with E-state index in [2.05, 4.69) is 15.7 Å². The largest absolute Gasteiger partial charge is 0.398 e. The minimum atomic E-state index is -0.367. The van der Waals surface area contributed by atoms with Crippen LogP contribution in [0.1, 0.15) is 10.4 Å². The summed E-state index contributed by atoms with van der Waals surface area (Å²) in [7, 11) is 0. The molecule has 0 saturated heterocycles. The van der Waals surface area contributed by atoms with Gasteiger partial charge in [0.1, 0.15) is 5.69 Å². The molecule has 0 unspecified atom stereocenters. The Balaban J connectivity index is 1.63. The molecule has 0 bridgehead atoms. The minimum absolute atomic E-state index is 0.361. The van der Waals surface area contributed by atoms with Crippen LogP contribution >= 0.6 is 23.2 Å². The van der Waals surface area contributed by atoms with Gasteiger partial charge in [0.05, 0.1) is 10.7 Å². The van der Waals surface area contributed by atoms with Crippen LogP contribution in [0.5, 0.6) is 0 Å². The number of amides is 1. The van der Waals surface area contributed by atoms with Crippen molar-refractivity contribution in [3.63, 3.8) is 0 Å². The number of hydrogen-bond acceptors (Lipinski definition) is 5. The van der Waals surface area contributed by atoms with Crippen molar-refractivity contribution in [1.29, 1.82) is 0 Å². The Morgan fingerprint density at radius 2 is 1.79 bits per heavy atom. The summed E-state index contributed by atoms with van der Waals surface area (Å²) in [6.45, 7) is 0. The molecule has 0 aliphatic heterocycles. The zero-order valence-corrected chi connectivity index (χ0v) is 16.4. The number of benzene rings is 3. The number of nitrogen functional groups attached to an aromatic ring is 1. The second-order valence-corrected chi connectivity index (χ2v) is 7.04. The molecule has 29 heavy (non-hydrogen) atoms. The van der Waals surface area contributed by atoms with E-state index in [4.69, 9.17) is 33.5 Å². The monoisotopic (exact) mass is 424 g/mol. The van der Waals surface area contributed by atoms with Gasteiger partial charge in [-0.3, -0.25) is 4.79 Å². The van der Waals surface area contributed by atoms with Crippen LogP contribution in [0.15, 0.2) is 71.3 Å². The van der Waals surface area contributed by atoms with Crippen molar-refractivity contribution in [2.45, 2.75) is 0 Å². The van der Waals surface area contributed by atoms with Crippen LogP contribution in [0.2, 0.25) is 10.0 Å². The van der Waals surface area contributed by atoms with E-state index in [9.17, 15) is 4.79 Å². The molecule has 4 rings (SSSR count). The predicted molar refractivity (Wildman–Crippen MR) is 114 cm³/mol. The number of halogens is 2. The number of carbonyl (C=O) groups is 1. The Morgan fingerprint density at radius 1 is 1.00 bits per heavy atom. The van der Waals surface area contributed by atoms with E-state index < -0.39 is 0 Å². The van der Waals surface area contributed by atoms with Crippen molar-refractivity contribution in [3.05, 3.63) is 82.3 Å². The van der Waals surface area contributed by atoms with Gasteiger partial charge in [-0.25, -0.2) is 0 Å². The minimum Gasteiger partial charge on any atom is -0.398 e. The second-order valence-electron chi connectivity index (χ2n) is 6.20. The van der Waals surface area contributed by atoms with Gasteiger partial charge in [0.25, 0.3) is 5.91 Å². The third-order valence-electron chi connectivity index (χ3n) is 4.27. The summed E-state index contributed by atoms with van der Waals surface area (Å²) >= 11 is 12.1. The fourth-order valence-electron chi connectivity index (χ4n) is 2.85. The van der Waals surface area contributed by atoms with E-state index in [0.29, 0.717) is 44.0 Å². The lowest BCUT2D eigenvalue weighted by molar-refractivity contribution is 0.102. The molecule has 6 nitrogen and oxygen atoms in total. The molecule has 0 aliphatic rings. The first-order chi connectivity index (χ1) is 14.0. The van der Waals surface area contributed by atoms with Crippen LogP contribution in [0.4, 0.5) is 11.4 Å². The maximum absolute atomic E-state index is 12.6. The Hall–Kier alpha value is -3.35. The summed E-state index contributed by atoms with van der Waals surface area (Å²) in [5.74, 6) is 0.134. The summed E-state index contributed by atoms with van der Waals surface area (Å²) in [5, 5.41) is 11.3. The number of anilines is 2. The molecule has 0 atom stereocenters. The molecule has 0 spiro atoms. The van der Waals surface area contributed by atoms with E-state index in [0.717, 1.165) is 5.56 Å². The molecule has 1 aromatic heterocycles. The first kappa shape index (κ1) is 19.0. The van der Waals surface area contributed by atoms with Crippen LogP contribution in [0.3, 0.4) is 0 Å². The molecular weight excluding hydrogens is 411 g/mol. The fraction of sp³-hybridized carbons (Fsp3) is 0. The molecule has 0 saturated carbocycles. The Labute approximate surface area is 176 Å². The van der Waals surface area contributed by atoms with E-state index in [1.807, 2.05) is 30.3 Å². The van der Waals surface area contributed by atoms with Gasteiger partial charge in [-0.2, -0.15) is 0 Å². The molecule has 3 N–H and O–H groups in total.